The van der Waals surface area contributed by atoms with E-state index in [1.54, 1.807) is 19.2 Å². The van der Waals surface area contributed by atoms with Gasteiger partial charge in [0.1, 0.15) is 28.2 Å². The number of hydrogen-bond donors (Lipinski definition) is 0. The van der Waals surface area contributed by atoms with Crippen molar-refractivity contribution in [2.24, 2.45) is 0 Å². The summed E-state index contributed by atoms with van der Waals surface area (Å²) in [5.41, 5.74) is 1.08. The minimum atomic E-state index is -0.134. The van der Waals surface area contributed by atoms with Crippen LogP contribution in [0.1, 0.15) is 19.8 Å². The van der Waals surface area contributed by atoms with Crippen LogP contribution in [-0.4, -0.2) is 13.7 Å². The quantitative estimate of drug-likeness (QED) is 0.517. The van der Waals surface area contributed by atoms with Crippen LogP contribution in [0.25, 0.3) is 22.3 Å². The average Bonchev–Trinajstić information content (AvgIpc) is 2.61. The lowest BCUT2D eigenvalue weighted by molar-refractivity contribution is 0.312. The molecule has 0 aliphatic heterocycles. The topological polar surface area (TPSA) is 48.7 Å². The van der Waals surface area contributed by atoms with Crippen LogP contribution in [-0.2, 0) is 0 Å². The molecule has 25 heavy (non-hydrogen) atoms. The number of benzene rings is 2. The van der Waals surface area contributed by atoms with Crippen molar-refractivity contribution in [3.05, 3.63) is 57.2 Å². The van der Waals surface area contributed by atoms with Crippen LogP contribution in [0.3, 0.4) is 0 Å². The van der Waals surface area contributed by atoms with Gasteiger partial charge in [-0.05, 0) is 36.8 Å². The number of rotatable bonds is 6. The van der Waals surface area contributed by atoms with Crippen LogP contribution in [0.4, 0.5) is 0 Å². The average molecular weight is 403 g/mol. The monoisotopic (exact) mass is 402 g/mol. The zero-order valence-corrected chi connectivity index (χ0v) is 15.8. The van der Waals surface area contributed by atoms with E-state index in [1.807, 2.05) is 24.3 Å². The maximum Gasteiger partial charge on any atom is 0.197 e. The highest BCUT2D eigenvalue weighted by molar-refractivity contribution is 9.10. The predicted octanol–water partition coefficient (Wildman–Crippen LogP) is 5.41. The SMILES string of the molecule is CCCCOc1cccc2oc(-c3cc(Br)ccc3OC)cc(=O)c12. The lowest BCUT2D eigenvalue weighted by Crippen LogP contribution is -2.05. The second kappa shape index (κ2) is 7.74. The Morgan fingerprint density at radius 3 is 2.72 bits per heavy atom. The molecule has 0 aliphatic rings. The van der Waals surface area contributed by atoms with Gasteiger partial charge < -0.3 is 13.9 Å². The van der Waals surface area contributed by atoms with Gasteiger partial charge in [0.15, 0.2) is 5.43 Å². The Kier molecular flexibility index (Phi) is 5.43. The fourth-order valence-electron chi connectivity index (χ4n) is 2.63. The second-order valence-electron chi connectivity index (χ2n) is 5.65. The maximum absolute atomic E-state index is 12.7. The summed E-state index contributed by atoms with van der Waals surface area (Å²) in [7, 11) is 1.59. The van der Waals surface area contributed by atoms with Gasteiger partial charge in [0.2, 0.25) is 0 Å². The summed E-state index contributed by atoms with van der Waals surface area (Å²) in [6.07, 6.45) is 1.97. The van der Waals surface area contributed by atoms with Crippen molar-refractivity contribution >= 4 is 26.9 Å². The molecule has 2 aromatic carbocycles. The van der Waals surface area contributed by atoms with E-state index < -0.39 is 0 Å². The molecule has 3 aromatic rings. The highest BCUT2D eigenvalue weighted by Crippen LogP contribution is 2.34. The third kappa shape index (κ3) is 3.71. The Morgan fingerprint density at radius 2 is 1.96 bits per heavy atom. The minimum absolute atomic E-state index is 0.134. The lowest BCUT2D eigenvalue weighted by atomic mass is 10.1. The Labute approximate surface area is 154 Å². The van der Waals surface area contributed by atoms with Crippen LogP contribution in [0.2, 0.25) is 0 Å². The Morgan fingerprint density at radius 1 is 1.12 bits per heavy atom. The van der Waals surface area contributed by atoms with E-state index in [0.29, 0.717) is 40.4 Å². The predicted molar refractivity (Wildman–Crippen MR) is 103 cm³/mol. The fraction of sp³-hybridized carbons (Fsp3) is 0.250. The zero-order chi connectivity index (χ0) is 17.8. The number of ether oxygens (including phenoxy) is 2. The van der Waals surface area contributed by atoms with Crippen LogP contribution in [0, 0.1) is 0 Å². The normalized spacial score (nSPS) is 10.8. The molecule has 0 atom stereocenters. The van der Waals surface area contributed by atoms with Crippen LogP contribution in [0.15, 0.2) is 56.1 Å². The number of methoxy groups -OCH3 is 1. The summed E-state index contributed by atoms with van der Waals surface area (Å²) in [6.45, 7) is 2.68. The third-order valence-corrected chi connectivity index (χ3v) is 4.39. The summed E-state index contributed by atoms with van der Waals surface area (Å²) in [6, 6.07) is 12.5. The number of halogens is 1. The van der Waals surface area contributed by atoms with Gasteiger partial charge in [-0.1, -0.05) is 35.3 Å². The second-order valence-corrected chi connectivity index (χ2v) is 6.57. The molecule has 0 amide bonds. The molecule has 0 unspecified atom stereocenters. The number of fused-ring (bicyclic) bond motifs is 1. The molecule has 5 heteroatoms. The van der Waals surface area contributed by atoms with Gasteiger partial charge in [-0.25, -0.2) is 0 Å². The highest BCUT2D eigenvalue weighted by Gasteiger charge is 2.14. The van der Waals surface area contributed by atoms with Crippen molar-refractivity contribution in [1.82, 2.24) is 0 Å². The van der Waals surface area contributed by atoms with E-state index in [9.17, 15) is 4.79 Å². The van der Waals surface area contributed by atoms with Crippen molar-refractivity contribution in [2.45, 2.75) is 19.8 Å². The summed E-state index contributed by atoms with van der Waals surface area (Å²) in [4.78, 5) is 12.7. The third-order valence-electron chi connectivity index (χ3n) is 3.90. The van der Waals surface area contributed by atoms with Crippen molar-refractivity contribution < 1.29 is 13.9 Å². The largest absolute Gasteiger partial charge is 0.496 e. The summed E-state index contributed by atoms with van der Waals surface area (Å²) in [5, 5.41) is 0.469. The van der Waals surface area contributed by atoms with Crippen molar-refractivity contribution in [3.63, 3.8) is 0 Å². The molecule has 0 saturated carbocycles. The first-order valence-corrected chi connectivity index (χ1v) is 8.97. The standard InChI is InChI=1S/C20H19BrO4/c1-3-4-10-24-17-6-5-7-18-20(17)15(22)12-19(25-18)14-11-13(21)8-9-16(14)23-2/h5-9,11-12H,3-4,10H2,1-2H3. The first kappa shape index (κ1) is 17.5. The molecule has 130 valence electrons. The molecule has 3 rings (SSSR count). The Balaban J connectivity index is 2.12. The first-order chi connectivity index (χ1) is 12.1. The molecule has 0 saturated heterocycles. The molecular weight excluding hydrogens is 384 g/mol. The molecule has 4 nitrogen and oxygen atoms in total. The number of hydrogen-bond acceptors (Lipinski definition) is 4. The first-order valence-electron chi connectivity index (χ1n) is 8.17. The van der Waals surface area contributed by atoms with Gasteiger partial charge in [0.05, 0.1) is 19.3 Å². The van der Waals surface area contributed by atoms with Crippen LogP contribution < -0.4 is 14.9 Å². The van der Waals surface area contributed by atoms with Crippen LogP contribution in [0.5, 0.6) is 11.5 Å². The van der Waals surface area contributed by atoms with Gasteiger partial charge in [0.25, 0.3) is 0 Å². The van der Waals surface area contributed by atoms with E-state index in [1.165, 1.54) is 6.07 Å². The van der Waals surface area contributed by atoms with E-state index in [2.05, 4.69) is 22.9 Å². The molecule has 0 N–H and O–H groups in total. The Hall–Kier alpha value is -2.27. The molecule has 0 bridgehead atoms. The van der Waals surface area contributed by atoms with E-state index in [4.69, 9.17) is 13.9 Å². The van der Waals surface area contributed by atoms with Crippen molar-refractivity contribution in [3.8, 4) is 22.8 Å². The molecule has 0 spiro atoms. The summed E-state index contributed by atoms with van der Waals surface area (Å²) >= 11 is 3.44. The van der Waals surface area contributed by atoms with Crippen LogP contribution >= 0.6 is 15.9 Å². The van der Waals surface area contributed by atoms with E-state index >= 15 is 0 Å². The molecule has 0 aliphatic carbocycles. The van der Waals surface area contributed by atoms with Gasteiger partial charge in [-0.3, -0.25) is 4.79 Å². The van der Waals surface area contributed by atoms with Crippen molar-refractivity contribution in [1.29, 1.82) is 0 Å². The smallest absolute Gasteiger partial charge is 0.197 e. The minimum Gasteiger partial charge on any atom is -0.496 e. The fourth-order valence-corrected chi connectivity index (χ4v) is 2.99. The summed E-state index contributed by atoms with van der Waals surface area (Å²) < 4.78 is 18.0. The molecule has 0 fully saturated rings. The van der Waals surface area contributed by atoms with Gasteiger partial charge in [-0.15, -0.1) is 0 Å². The molecule has 1 aromatic heterocycles. The lowest BCUT2D eigenvalue weighted by Gasteiger charge is -2.11. The molecular formula is C20H19BrO4. The Bertz CT molecular complexity index is 946. The van der Waals surface area contributed by atoms with E-state index in [0.717, 1.165) is 17.3 Å². The van der Waals surface area contributed by atoms with Gasteiger partial charge in [-0.2, -0.15) is 0 Å². The maximum atomic E-state index is 12.7. The van der Waals surface area contributed by atoms with Gasteiger partial charge in [0, 0.05) is 10.5 Å². The van der Waals surface area contributed by atoms with E-state index in [-0.39, 0.29) is 5.43 Å². The van der Waals surface area contributed by atoms with Gasteiger partial charge >= 0.3 is 0 Å². The van der Waals surface area contributed by atoms with Crippen molar-refractivity contribution in [2.75, 3.05) is 13.7 Å². The molecule has 0 radical (unpaired) electrons. The zero-order valence-electron chi connectivity index (χ0n) is 14.2. The highest BCUT2D eigenvalue weighted by atomic mass is 79.9. The number of unbranched alkanes of at least 4 members (excludes halogenated alkanes) is 1. The summed E-state index contributed by atoms with van der Waals surface area (Å²) in [5.74, 6) is 1.66. The molecule has 1 heterocycles.